The van der Waals surface area contributed by atoms with Gasteiger partial charge in [-0.2, -0.15) is 0 Å². The lowest BCUT2D eigenvalue weighted by Crippen LogP contribution is -2.62. The molecule has 14 heteroatoms. The summed E-state index contributed by atoms with van der Waals surface area (Å²) in [4.78, 5) is 59.8. The third-order valence-electron chi connectivity index (χ3n) is 3.99. The van der Waals surface area contributed by atoms with Crippen LogP contribution in [0.15, 0.2) is 0 Å². The Morgan fingerprint density at radius 2 is 1.16 bits per heavy atom. The van der Waals surface area contributed by atoms with E-state index in [9.17, 15) is 44.4 Å². The normalized spacial score (nSPS) is 26.6. The van der Waals surface area contributed by atoms with Gasteiger partial charge in [-0.05, 0) is 27.7 Å². The molecule has 0 aliphatic carbocycles. The Kier molecular flexibility index (Phi) is 9.96. The largest absolute Gasteiger partial charge is 0.460 e. The van der Waals surface area contributed by atoms with Crippen molar-refractivity contribution in [3.05, 3.63) is 0 Å². The molecule has 14 nitrogen and oxygen atoms in total. The van der Waals surface area contributed by atoms with Gasteiger partial charge in [0.15, 0.2) is 18.3 Å². The standard InChI is InChI=1S/C18H26O14/c1-6(19)14(23)28-5-10-11(30-15(24)7(2)20)12(31-16(25)8(3)21)13(18(27)29-10)32-17(26)9(4)22/h6-13,19-22H,5H2,1-4H3. The summed E-state index contributed by atoms with van der Waals surface area (Å²) in [5.41, 5.74) is 0. The minimum atomic E-state index is -2.05. The summed E-state index contributed by atoms with van der Waals surface area (Å²) < 4.78 is 24.6. The molecule has 0 spiro atoms. The molecule has 0 aromatic rings. The number of hydrogen-bond acceptors (Lipinski definition) is 14. The van der Waals surface area contributed by atoms with Gasteiger partial charge in [0.25, 0.3) is 0 Å². The van der Waals surface area contributed by atoms with E-state index < -0.39 is 85.3 Å². The molecule has 8 unspecified atom stereocenters. The van der Waals surface area contributed by atoms with Gasteiger partial charge in [0.1, 0.15) is 31.0 Å². The number of aliphatic hydroxyl groups is 4. The molecule has 1 saturated heterocycles. The van der Waals surface area contributed by atoms with E-state index in [1.165, 1.54) is 0 Å². The zero-order chi connectivity index (χ0) is 24.7. The van der Waals surface area contributed by atoms with Crippen molar-refractivity contribution in [2.45, 2.75) is 76.5 Å². The van der Waals surface area contributed by atoms with Gasteiger partial charge in [0.2, 0.25) is 6.10 Å². The van der Waals surface area contributed by atoms with Gasteiger partial charge in [0, 0.05) is 0 Å². The fraction of sp³-hybridized carbons (Fsp3) is 0.722. The first-order valence-electron chi connectivity index (χ1n) is 9.47. The summed E-state index contributed by atoms with van der Waals surface area (Å²) in [6.45, 7) is 3.41. The molecule has 0 aromatic heterocycles. The number of esters is 5. The fourth-order valence-corrected chi connectivity index (χ4v) is 2.29. The predicted molar refractivity (Wildman–Crippen MR) is 97.2 cm³/mol. The molecule has 0 aromatic carbocycles. The quantitative estimate of drug-likeness (QED) is 0.194. The van der Waals surface area contributed by atoms with E-state index in [-0.39, 0.29) is 0 Å². The summed E-state index contributed by atoms with van der Waals surface area (Å²) in [6, 6.07) is 0. The third kappa shape index (κ3) is 7.40. The van der Waals surface area contributed by atoms with Gasteiger partial charge < -0.3 is 44.1 Å². The van der Waals surface area contributed by atoms with Crippen molar-refractivity contribution < 1.29 is 68.1 Å². The van der Waals surface area contributed by atoms with Gasteiger partial charge >= 0.3 is 29.8 Å². The van der Waals surface area contributed by atoms with Crippen LogP contribution in [0, 0.1) is 0 Å². The highest BCUT2D eigenvalue weighted by Gasteiger charge is 2.54. The number of carbonyl (C=O) groups is 5. The zero-order valence-corrected chi connectivity index (χ0v) is 17.7. The van der Waals surface area contributed by atoms with Crippen LogP contribution in [0.4, 0.5) is 0 Å². The number of carbonyl (C=O) groups excluding carboxylic acids is 5. The Labute approximate surface area is 181 Å². The second-order valence-corrected chi connectivity index (χ2v) is 6.97. The Hall–Kier alpha value is -2.81. The van der Waals surface area contributed by atoms with Crippen LogP contribution in [0.1, 0.15) is 27.7 Å². The lowest BCUT2D eigenvalue weighted by Gasteiger charge is -2.39. The van der Waals surface area contributed by atoms with Crippen molar-refractivity contribution in [3.8, 4) is 0 Å². The van der Waals surface area contributed by atoms with E-state index in [1.807, 2.05) is 0 Å². The first-order valence-corrected chi connectivity index (χ1v) is 9.47. The molecule has 8 atom stereocenters. The van der Waals surface area contributed by atoms with Crippen molar-refractivity contribution in [2.24, 2.45) is 0 Å². The highest BCUT2D eigenvalue weighted by molar-refractivity contribution is 5.84. The number of aliphatic hydroxyl groups excluding tert-OH is 4. The van der Waals surface area contributed by atoms with Crippen LogP contribution in [0.25, 0.3) is 0 Å². The Morgan fingerprint density at radius 1 is 0.750 bits per heavy atom. The maximum Gasteiger partial charge on any atom is 0.352 e. The average Bonchev–Trinajstić information content (AvgIpc) is 2.69. The summed E-state index contributed by atoms with van der Waals surface area (Å²) in [6.07, 6.45) is -14.0. The van der Waals surface area contributed by atoms with Crippen LogP contribution >= 0.6 is 0 Å². The second kappa shape index (κ2) is 11.7. The first kappa shape index (κ1) is 27.2. The summed E-state index contributed by atoms with van der Waals surface area (Å²) in [7, 11) is 0. The van der Waals surface area contributed by atoms with Gasteiger partial charge in [-0.1, -0.05) is 0 Å². The minimum absolute atomic E-state index is 0.785. The molecule has 0 radical (unpaired) electrons. The van der Waals surface area contributed by atoms with Crippen molar-refractivity contribution in [3.63, 3.8) is 0 Å². The third-order valence-corrected chi connectivity index (χ3v) is 3.99. The number of hydrogen-bond donors (Lipinski definition) is 4. The SMILES string of the molecule is CC(O)C(=O)OCC1OC(=O)C(OC(=O)C(C)O)C(OC(=O)C(C)O)C1OC(=O)C(C)O. The van der Waals surface area contributed by atoms with Crippen LogP contribution in [0.3, 0.4) is 0 Å². The van der Waals surface area contributed by atoms with E-state index in [4.69, 9.17) is 23.7 Å². The number of cyclic esters (lactones) is 1. The topological polar surface area (TPSA) is 212 Å². The summed E-state index contributed by atoms with van der Waals surface area (Å²) in [5, 5.41) is 37.5. The molecule has 0 amide bonds. The fourth-order valence-electron chi connectivity index (χ4n) is 2.29. The smallest absolute Gasteiger partial charge is 0.352 e. The van der Waals surface area contributed by atoms with Crippen molar-refractivity contribution >= 4 is 29.8 Å². The highest BCUT2D eigenvalue weighted by atomic mass is 16.7. The number of rotatable bonds is 9. The van der Waals surface area contributed by atoms with E-state index in [0.717, 1.165) is 27.7 Å². The Balaban J connectivity index is 3.33. The van der Waals surface area contributed by atoms with Gasteiger partial charge in [-0.15, -0.1) is 0 Å². The van der Waals surface area contributed by atoms with Crippen molar-refractivity contribution in [2.75, 3.05) is 6.61 Å². The van der Waals surface area contributed by atoms with Gasteiger partial charge in [-0.3, -0.25) is 0 Å². The van der Waals surface area contributed by atoms with E-state index >= 15 is 0 Å². The molecule has 4 N–H and O–H groups in total. The average molecular weight is 466 g/mol. The maximum absolute atomic E-state index is 12.5. The number of ether oxygens (including phenoxy) is 5. The minimum Gasteiger partial charge on any atom is -0.460 e. The monoisotopic (exact) mass is 466 g/mol. The van der Waals surface area contributed by atoms with Crippen molar-refractivity contribution in [1.82, 2.24) is 0 Å². The lowest BCUT2D eigenvalue weighted by atomic mass is 9.98. The molecule has 32 heavy (non-hydrogen) atoms. The van der Waals surface area contributed by atoms with Crippen LogP contribution in [0.5, 0.6) is 0 Å². The highest BCUT2D eigenvalue weighted by Crippen LogP contribution is 2.26. The van der Waals surface area contributed by atoms with Crippen molar-refractivity contribution in [1.29, 1.82) is 0 Å². The van der Waals surface area contributed by atoms with Crippen LogP contribution in [-0.4, -0.2) is 106 Å². The van der Waals surface area contributed by atoms with Gasteiger partial charge in [-0.25, -0.2) is 24.0 Å². The lowest BCUT2D eigenvalue weighted by molar-refractivity contribution is -0.235. The van der Waals surface area contributed by atoms with E-state index in [1.54, 1.807) is 0 Å². The molecular formula is C18H26O14. The predicted octanol–water partition coefficient (Wildman–Crippen LogP) is -3.29. The molecule has 1 rings (SSSR count). The molecule has 1 heterocycles. The molecule has 0 bridgehead atoms. The van der Waals surface area contributed by atoms with Crippen LogP contribution in [-0.2, 0) is 47.7 Å². The molecule has 182 valence electrons. The van der Waals surface area contributed by atoms with Crippen LogP contribution in [0.2, 0.25) is 0 Å². The molecule has 1 aliphatic heterocycles. The summed E-state index contributed by atoms with van der Waals surface area (Å²) in [5.74, 6) is -6.32. The first-order chi connectivity index (χ1) is 14.8. The Morgan fingerprint density at radius 3 is 1.59 bits per heavy atom. The molecule has 1 aliphatic rings. The molecular weight excluding hydrogens is 440 g/mol. The zero-order valence-electron chi connectivity index (χ0n) is 17.7. The second-order valence-electron chi connectivity index (χ2n) is 6.97. The van der Waals surface area contributed by atoms with E-state index in [0.29, 0.717) is 0 Å². The van der Waals surface area contributed by atoms with Crippen LogP contribution < -0.4 is 0 Å². The Bertz CT molecular complexity index is 712. The maximum atomic E-state index is 12.5. The van der Waals surface area contributed by atoms with Gasteiger partial charge in [0.05, 0.1) is 0 Å². The van der Waals surface area contributed by atoms with E-state index in [2.05, 4.69) is 0 Å². The molecule has 1 fully saturated rings. The molecule has 0 saturated carbocycles. The summed E-state index contributed by atoms with van der Waals surface area (Å²) >= 11 is 0.